The summed E-state index contributed by atoms with van der Waals surface area (Å²) in [6.07, 6.45) is 2.16. The Morgan fingerprint density at radius 3 is 2.79 bits per heavy atom. The zero-order valence-corrected chi connectivity index (χ0v) is 17.0. The number of hydrogen-bond acceptors (Lipinski definition) is 7. The highest BCUT2D eigenvalue weighted by molar-refractivity contribution is 7.19. The lowest BCUT2D eigenvalue weighted by Gasteiger charge is -2.15. The van der Waals surface area contributed by atoms with Gasteiger partial charge in [-0.3, -0.25) is 14.5 Å². The lowest BCUT2D eigenvalue weighted by molar-refractivity contribution is -0.119. The predicted octanol–water partition coefficient (Wildman–Crippen LogP) is 1.86. The Balaban J connectivity index is 1.43. The lowest BCUT2D eigenvalue weighted by Crippen LogP contribution is -2.36. The molecule has 0 radical (unpaired) electrons. The Kier molecular flexibility index (Phi) is 6.80. The average Bonchev–Trinajstić information content (AvgIpc) is 3.32. The Morgan fingerprint density at radius 1 is 1.32 bits per heavy atom. The summed E-state index contributed by atoms with van der Waals surface area (Å²) in [4.78, 5) is 27.4. The molecule has 1 aliphatic heterocycles. The predicted molar refractivity (Wildman–Crippen MR) is 109 cm³/mol. The Labute approximate surface area is 168 Å². The largest absolute Gasteiger partial charge is 0.494 e. The van der Waals surface area contributed by atoms with E-state index in [1.165, 1.54) is 11.3 Å². The molecule has 2 heterocycles. The number of carbonyl (C=O) groups excluding carboxylic acids is 2. The molecule has 3 rings (SSSR count). The van der Waals surface area contributed by atoms with Gasteiger partial charge in [0, 0.05) is 26.6 Å². The van der Waals surface area contributed by atoms with E-state index in [-0.39, 0.29) is 18.4 Å². The number of carbonyl (C=O) groups is 2. The molecule has 2 amide bonds. The zero-order valence-electron chi connectivity index (χ0n) is 16.2. The number of nitrogens with one attached hydrogen (secondary N) is 1. The number of nitrogens with zero attached hydrogens (tertiary/aromatic N) is 4. The van der Waals surface area contributed by atoms with Gasteiger partial charge in [0.15, 0.2) is 0 Å². The summed E-state index contributed by atoms with van der Waals surface area (Å²) in [7, 11) is 1.79. The van der Waals surface area contributed by atoms with Crippen molar-refractivity contribution in [3.05, 3.63) is 29.8 Å². The third-order valence-corrected chi connectivity index (χ3v) is 5.45. The van der Waals surface area contributed by atoms with Crippen LogP contribution in [0.1, 0.15) is 25.3 Å². The van der Waals surface area contributed by atoms with Crippen LogP contribution in [0.2, 0.25) is 0 Å². The van der Waals surface area contributed by atoms with Crippen LogP contribution < -0.4 is 19.9 Å². The van der Waals surface area contributed by atoms with E-state index in [1.807, 2.05) is 31.2 Å². The highest BCUT2D eigenvalue weighted by atomic mass is 32.1. The third-order valence-electron chi connectivity index (χ3n) is 4.39. The molecule has 9 heteroatoms. The molecular formula is C19H25N5O3S. The van der Waals surface area contributed by atoms with E-state index in [1.54, 1.807) is 16.8 Å². The molecular weight excluding hydrogens is 378 g/mol. The molecule has 0 unspecified atom stereocenters. The third kappa shape index (κ3) is 5.19. The normalized spacial score (nSPS) is 13.6. The molecule has 1 saturated heterocycles. The van der Waals surface area contributed by atoms with Crippen LogP contribution in [-0.4, -0.2) is 55.3 Å². The van der Waals surface area contributed by atoms with E-state index in [4.69, 9.17) is 4.74 Å². The van der Waals surface area contributed by atoms with Crippen LogP contribution in [0.25, 0.3) is 0 Å². The van der Waals surface area contributed by atoms with Crippen molar-refractivity contribution in [2.24, 2.45) is 0 Å². The second kappa shape index (κ2) is 9.50. The molecule has 1 aromatic heterocycles. The van der Waals surface area contributed by atoms with Gasteiger partial charge in [-0.05, 0) is 37.5 Å². The van der Waals surface area contributed by atoms with Gasteiger partial charge in [-0.25, -0.2) is 0 Å². The standard InChI is InChI=1S/C19H25N5O3S/c1-3-27-15-8-6-14(7-9-15)10-11-20-16(25)13-23(2)18-21-22-19(28-18)24-12-4-5-17(24)26/h6-9H,3-5,10-13H2,1-2H3,(H,20,25). The van der Waals surface area contributed by atoms with Crippen LogP contribution in [0, 0.1) is 0 Å². The fourth-order valence-electron chi connectivity index (χ4n) is 2.93. The first-order valence-electron chi connectivity index (χ1n) is 9.40. The van der Waals surface area contributed by atoms with Crippen molar-refractivity contribution >= 4 is 33.4 Å². The molecule has 0 aliphatic carbocycles. The second-order valence-electron chi connectivity index (χ2n) is 6.55. The number of ether oxygens (including phenoxy) is 1. The minimum Gasteiger partial charge on any atom is -0.494 e. The molecule has 0 bridgehead atoms. The summed E-state index contributed by atoms with van der Waals surface area (Å²) in [6, 6.07) is 7.89. The van der Waals surface area contributed by atoms with E-state index in [9.17, 15) is 9.59 Å². The molecule has 28 heavy (non-hydrogen) atoms. The Bertz CT molecular complexity index is 808. The number of anilines is 2. The second-order valence-corrected chi connectivity index (χ2v) is 7.48. The van der Waals surface area contributed by atoms with E-state index in [2.05, 4.69) is 15.5 Å². The minimum atomic E-state index is -0.0811. The molecule has 1 N–H and O–H groups in total. The van der Waals surface area contributed by atoms with Crippen LogP contribution >= 0.6 is 11.3 Å². The molecule has 1 aliphatic rings. The first-order valence-corrected chi connectivity index (χ1v) is 10.2. The van der Waals surface area contributed by atoms with Crippen molar-refractivity contribution in [3.8, 4) is 5.75 Å². The first-order chi connectivity index (χ1) is 13.6. The van der Waals surface area contributed by atoms with E-state index >= 15 is 0 Å². The van der Waals surface area contributed by atoms with Crippen LogP contribution in [-0.2, 0) is 16.0 Å². The molecule has 0 spiro atoms. The maximum Gasteiger partial charge on any atom is 0.239 e. The van der Waals surface area contributed by atoms with E-state index in [0.717, 1.165) is 24.2 Å². The fourth-order valence-corrected chi connectivity index (χ4v) is 3.78. The van der Waals surface area contributed by atoms with Gasteiger partial charge >= 0.3 is 0 Å². The SMILES string of the molecule is CCOc1ccc(CCNC(=O)CN(C)c2nnc(N3CCCC3=O)s2)cc1. The summed E-state index contributed by atoms with van der Waals surface area (Å²) in [6.45, 7) is 4.03. The topological polar surface area (TPSA) is 87.7 Å². The summed E-state index contributed by atoms with van der Waals surface area (Å²) in [5.74, 6) is 0.851. The maximum absolute atomic E-state index is 12.2. The highest BCUT2D eigenvalue weighted by Gasteiger charge is 2.25. The smallest absolute Gasteiger partial charge is 0.239 e. The number of hydrogen-bond donors (Lipinski definition) is 1. The quantitative estimate of drug-likeness (QED) is 0.688. The highest BCUT2D eigenvalue weighted by Crippen LogP contribution is 2.29. The monoisotopic (exact) mass is 403 g/mol. The van der Waals surface area contributed by atoms with Gasteiger partial charge in [0.1, 0.15) is 5.75 Å². The van der Waals surface area contributed by atoms with Crippen molar-refractivity contribution in [2.75, 3.05) is 43.1 Å². The minimum absolute atomic E-state index is 0.0809. The summed E-state index contributed by atoms with van der Waals surface area (Å²) in [5.41, 5.74) is 1.14. The van der Waals surface area contributed by atoms with Crippen LogP contribution in [0.15, 0.2) is 24.3 Å². The first kappa shape index (κ1) is 20.1. The van der Waals surface area contributed by atoms with Gasteiger partial charge in [0.25, 0.3) is 0 Å². The number of benzene rings is 1. The molecule has 0 atom stereocenters. The van der Waals surface area contributed by atoms with Crippen molar-refractivity contribution in [3.63, 3.8) is 0 Å². The molecule has 0 saturated carbocycles. The van der Waals surface area contributed by atoms with Gasteiger partial charge < -0.3 is 15.0 Å². The van der Waals surface area contributed by atoms with Crippen molar-refractivity contribution in [2.45, 2.75) is 26.2 Å². The zero-order chi connectivity index (χ0) is 19.9. The van der Waals surface area contributed by atoms with Crippen LogP contribution in [0.3, 0.4) is 0 Å². The molecule has 8 nitrogen and oxygen atoms in total. The van der Waals surface area contributed by atoms with Crippen molar-refractivity contribution < 1.29 is 14.3 Å². The summed E-state index contributed by atoms with van der Waals surface area (Å²) < 4.78 is 5.42. The lowest BCUT2D eigenvalue weighted by atomic mass is 10.1. The fraction of sp³-hybridized carbons (Fsp3) is 0.474. The molecule has 1 fully saturated rings. The molecule has 1 aromatic carbocycles. The number of rotatable bonds is 9. The van der Waals surface area contributed by atoms with Gasteiger partial charge in [-0.2, -0.15) is 0 Å². The number of likely N-dealkylation sites (N-methyl/N-ethyl adjacent to an activating group) is 1. The van der Waals surface area contributed by atoms with Gasteiger partial charge in [-0.1, -0.05) is 23.5 Å². The average molecular weight is 404 g/mol. The maximum atomic E-state index is 12.2. The van der Waals surface area contributed by atoms with E-state index in [0.29, 0.717) is 36.4 Å². The summed E-state index contributed by atoms with van der Waals surface area (Å²) >= 11 is 1.33. The van der Waals surface area contributed by atoms with Crippen molar-refractivity contribution in [1.82, 2.24) is 15.5 Å². The number of aromatic nitrogens is 2. The van der Waals surface area contributed by atoms with Gasteiger partial charge in [0.2, 0.25) is 22.1 Å². The van der Waals surface area contributed by atoms with Gasteiger partial charge in [-0.15, -0.1) is 10.2 Å². The van der Waals surface area contributed by atoms with Crippen LogP contribution in [0.4, 0.5) is 10.3 Å². The molecule has 2 aromatic rings. The van der Waals surface area contributed by atoms with Gasteiger partial charge in [0.05, 0.1) is 13.2 Å². The summed E-state index contributed by atoms with van der Waals surface area (Å²) in [5, 5.41) is 12.3. The number of amides is 2. The van der Waals surface area contributed by atoms with Crippen LogP contribution in [0.5, 0.6) is 5.75 Å². The van der Waals surface area contributed by atoms with E-state index < -0.39 is 0 Å². The Hall–Kier alpha value is -2.68. The molecule has 150 valence electrons. The Morgan fingerprint density at radius 2 is 2.11 bits per heavy atom. The van der Waals surface area contributed by atoms with Crippen molar-refractivity contribution in [1.29, 1.82) is 0 Å².